The van der Waals surface area contributed by atoms with E-state index < -0.39 is 0 Å². The summed E-state index contributed by atoms with van der Waals surface area (Å²) in [4.78, 5) is 26.1. The van der Waals surface area contributed by atoms with Gasteiger partial charge in [0, 0.05) is 31.2 Å². The van der Waals surface area contributed by atoms with E-state index in [-0.39, 0.29) is 24.3 Å². The molecule has 0 saturated heterocycles. The zero-order valence-corrected chi connectivity index (χ0v) is 16.2. The van der Waals surface area contributed by atoms with E-state index in [0.29, 0.717) is 6.54 Å². The van der Waals surface area contributed by atoms with E-state index in [4.69, 9.17) is 0 Å². The summed E-state index contributed by atoms with van der Waals surface area (Å²) in [5.41, 5.74) is 3.37. The van der Waals surface area contributed by atoms with Crippen LogP contribution in [0.3, 0.4) is 0 Å². The van der Waals surface area contributed by atoms with E-state index in [2.05, 4.69) is 17.4 Å². The van der Waals surface area contributed by atoms with Crippen LogP contribution in [-0.2, 0) is 15.3 Å². The summed E-state index contributed by atoms with van der Waals surface area (Å²) in [5, 5.41) is 2.98. The Kier molecular flexibility index (Phi) is 6.71. The molecule has 1 aliphatic rings. The Morgan fingerprint density at radius 1 is 1.07 bits per heavy atom. The fourth-order valence-corrected chi connectivity index (χ4v) is 4.01. The zero-order valence-electron chi connectivity index (χ0n) is 15.4. The van der Waals surface area contributed by atoms with Crippen molar-refractivity contribution in [2.75, 3.05) is 12.3 Å². The van der Waals surface area contributed by atoms with E-state index in [9.17, 15) is 9.59 Å². The van der Waals surface area contributed by atoms with Gasteiger partial charge in [0.05, 0.1) is 12.5 Å². The molecular weight excluding hydrogens is 356 g/mol. The van der Waals surface area contributed by atoms with Gasteiger partial charge in [0.25, 0.3) is 0 Å². The van der Waals surface area contributed by atoms with Crippen molar-refractivity contribution < 1.29 is 9.59 Å². The molecule has 0 spiro atoms. The molecule has 0 radical (unpaired) electrons. The van der Waals surface area contributed by atoms with Gasteiger partial charge in [-0.15, -0.1) is 0 Å². The van der Waals surface area contributed by atoms with Crippen LogP contribution in [-0.4, -0.2) is 29.0 Å². The molecule has 1 N–H and O–H groups in total. The Morgan fingerprint density at radius 3 is 2.59 bits per heavy atom. The molecule has 1 aliphatic heterocycles. The number of nitrogens with one attached hydrogen (secondary N) is 1. The van der Waals surface area contributed by atoms with Gasteiger partial charge < -0.3 is 10.2 Å². The van der Waals surface area contributed by atoms with Gasteiger partial charge in [-0.25, -0.2) is 0 Å². The summed E-state index contributed by atoms with van der Waals surface area (Å²) < 4.78 is 0. The Hall–Kier alpha value is -2.53. The van der Waals surface area contributed by atoms with Crippen LogP contribution in [0.1, 0.15) is 36.1 Å². The lowest BCUT2D eigenvalue weighted by Gasteiger charge is -2.32. The minimum atomic E-state index is -0.249. The molecule has 2 aromatic carbocycles. The number of amides is 2. The highest BCUT2D eigenvalue weighted by Crippen LogP contribution is 2.32. The molecule has 1 atom stereocenters. The van der Waals surface area contributed by atoms with Crippen LogP contribution in [0.25, 0.3) is 6.08 Å². The summed E-state index contributed by atoms with van der Waals surface area (Å²) in [5.74, 6) is 1.71. The third-order valence-corrected chi connectivity index (χ3v) is 5.56. The molecule has 5 heteroatoms. The molecule has 1 heterocycles. The predicted molar refractivity (Wildman–Crippen MR) is 111 cm³/mol. The Bertz CT molecular complexity index is 820. The van der Waals surface area contributed by atoms with Gasteiger partial charge in [-0.05, 0) is 22.8 Å². The molecule has 0 aromatic heterocycles. The monoisotopic (exact) mass is 380 g/mol. The number of hydrogen-bond donors (Lipinski definition) is 1. The summed E-state index contributed by atoms with van der Waals surface area (Å²) in [6.07, 6.45) is 3.97. The van der Waals surface area contributed by atoms with Crippen LogP contribution in [0.5, 0.6) is 0 Å². The number of nitrogens with zero attached hydrogens (tertiary/aromatic N) is 1. The van der Waals surface area contributed by atoms with Crippen molar-refractivity contribution in [1.29, 1.82) is 0 Å². The maximum atomic E-state index is 12.4. The van der Waals surface area contributed by atoms with Gasteiger partial charge >= 0.3 is 0 Å². The van der Waals surface area contributed by atoms with Crippen LogP contribution < -0.4 is 5.32 Å². The standard InChI is InChI=1S/C22H24N2O2S/c1-17(25)24-13-11-19-9-5-6-10-20(19)21(24)15-22(26)23-12-14-27-16-18-7-3-2-4-8-18/h2-11,13,21H,12,14-16H2,1H3,(H,23,26). The Labute approximate surface area is 164 Å². The van der Waals surface area contributed by atoms with Crippen molar-refractivity contribution >= 4 is 29.7 Å². The normalized spacial score (nSPS) is 15.3. The molecule has 2 aromatic rings. The highest BCUT2D eigenvalue weighted by molar-refractivity contribution is 7.98. The number of hydrogen-bond acceptors (Lipinski definition) is 3. The fraction of sp³-hybridized carbons (Fsp3) is 0.273. The highest BCUT2D eigenvalue weighted by Gasteiger charge is 2.27. The number of rotatable bonds is 7. The summed E-state index contributed by atoms with van der Waals surface area (Å²) in [6, 6.07) is 18.0. The average Bonchev–Trinajstić information content (AvgIpc) is 2.68. The first-order valence-corrected chi connectivity index (χ1v) is 10.2. The van der Waals surface area contributed by atoms with E-state index in [1.165, 1.54) is 12.5 Å². The van der Waals surface area contributed by atoms with Crippen LogP contribution >= 0.6 is 11.8 Å². The maximum absolute atomic E-state index is 12.4. The summed E-state index contributed by atoms with van der Waals surface area (Å²) in [7, 11) is 0. The van der Waals surface area contributed by atoms with Crippen molar-refractivity contribution in [2.45, 2.75) is 25.1 Å². The molecule has 0 bridgehead atoms. The fourth-order valence-electron chi connectivity index (χ4n) is 3.19. The summed E-state index contributed by atoms with van der Waals surface area (Å²) in [6.45, 7) is 2.16. The number of carbonyl (C=O) groups is 2. The molecule has 1 unspecified atom stereocenters. The number of fused-ring (bicyclic) bond motifs is 1. The van der Waals surface area contributed by atoms with E-state index in [1.54, 1.807) is 22.9 Å². The van der Waals surface area contributed by atoms with Gasteiger partial charge in [0.15, 0.2) is 0 Å². The van der Waals surface area contributed by atoms with E-state index in [1.807, 2.05) is 48.5 Å². The minimum Gasteiger partial charge on any atom is -0.355 e. The molecular formula is C22H24N2O2S. The first-order valence-electron chi connectivity index (χ1n) is 9.09. The molecule has 0 fully saturated rings. The third-order valence-electron chi connectivity index (χ3n) is 4.53. The van der Waals surface area contributed by atoms with Gasteiger partial charge in [0.2, 0.25) is 11.8 Å². The van der Waals surface area contributed by atoms with Crippen LogP contribution in [0.15, 0.2) is 60.8 Å². The van der Waals surface area contributed by atoms with Crippen LogP contribution in [0.2, 0.25) is 0 Å². The van der Waals surface area contributed by atoms with Gasteiger partial charge in [-0.1, -0.05) is 54.6 Å². The van der Waals surface area contributed by atoms with E-state index >= 15 is 0 Å². The second-order valence-corrected chi connectivity index (χ2v) is 7.58. The Balaban J connectivity index is 1.50. The number of carbonyl (C=O) groups excluding carboxylic acids is 2. The molecule has 0 saturated carbocycles. The largest absolute Gasteiger partial charge is 0.355 e. The maximum Gasteiger partial charge on any atom is 0.223 e. The molecule has 3 rings (SSSR count). The average molecular weight is 381 g/mol. The van der Waals surface area contributed by atoms with Crippen molar-refractivity contribution in [3.05, 3.63) is 77.5 Å². The SMILES string of the molecule is CC(=O)N1C=Cc2ccccc2C1CC(=O)NCCSCc1ccccc1. The lowest BCUT2D eigenvalue weighted by Crippen LogP contribution is -2.35. The Morgan fingerprint density at radius 2 is 1.81 bits per heavy atom. The first kappa shape index (κ1) is 19.2. The van der Waals surface area contributed by atoms with Crippen molar-refractivity contribution in [2.24, 2.45) is 0 Å². The lowest BCUT2D eigenvalue weighted by atomic mass is 9.93. The molecule has 4 nitrogen and oxygen atoms in total. The minimum absolute atomic E-state index is 0.0309. The number of thioether (sulfide) groups is 1. The second-order valence-electron chi connectivity index (χ2n) is 6.48. The molecule has 2 amide bonds. The van der Waals surface area contributed by atoms with Crippen LogP contribution in [0, 0.1) is 0 Å². The predicted octanol–water partition coefficient (Wildman–Crippen LogP) is 4.00. The second kappa shape index (κ2) is 9.42. The summed E-state index contributed by atoms with van der Waals surface area (Å²) >= 11 is 1.80. The van der Waals surface area contributed by atoms with Crippen molar-refractivity contribution in [1.82, 2.24) is 10.2 Å². The van der Waals surface area contributed by atoms with Crippen molar-refractivity contribution in [3.63, 3.8) is 0 Å². The molecule has 27 heavy (non-hydrogen) atoms. The van der Waals surface area contributed by atoms with E-state index in [0.717, 1.165) is 22.6 Å². The lowest BCUT2D eigenvalue weighted by molar-refractivity contribution is -0.129. The highest BCUT2D eigenvalue weighted by atomic mass is 32.2. The van der Waals surface area contributed by atoms with Gasteiger partial charge in [-0.3, -0.25) is 9.59 Å². The topological polar surface area (TPSA) is 49.4 Å². The number of benzene rings is 2. The quantitative estimate of drug-likeness (QED) is 0.739. The molecule has 0 aliphatic carbocycles. The molecule has 140 valence electrons. The third kappa shape index (κ3) is 5.23. The smallest absolute Gasteiger partial charge is 0.223 e. The zero-order chi connectivity index (χ0) is 19.1. The van der Waals surface area contributed by atoms with Gasteiger partial charge in [0.1, 0.15) is 0 Å². The van der Waals surface area contributed by atoms with Gasteiger partial charge in [-0.2, -0.15) is 11.8 Å². The van der Waals surface area contributed by atoms with Crippen LogP contribution in [0.4, 0.5) is 0 Å². The first-order chi connectivity index (χ1) is 13.1. The van der Waals surface area contributed by atoms with Crippen molar-refractivity contribution in [3.8, 4) is 0 Å².